The number of aryl methyl sites for hydroxylation is 1. The van der Waals surface area contributed by atoms with Gasteiger partial charge in [-0.25, -0.2) is 4.98 Å². The van der Waals surface area contributed by atoms with Gasteiger partial charge < -0.3 is 0 Å². The number of ketones is 1. The van der Waals surface area contributed by atoms with E-state index in [-0.39, 0.29) is 12.2 Å². The maximum atomic E-state index is 11.9. The normalized spacial score (nSPS) is 10.2. The maximum absolute atomic E-state index is 11.9. The molecule has 0 aliphatic carbocycles. The summed E-state index contributed by atoms with van der Waals surface area (Å²) in [7, 11) is 0. The number of pyridine rings is 1. The average molecular weight is 292 g/mol. The second-order valence-electron chi connectivity index (χ2n) is 3.61. The lowest BCUT2D eigenvalue weighted by Gasteiger charge is -2.00. The Labute approximate surface area is 107 Å². The highest BCUT2D eigenvalue weighted by Crippen LogP contribution is 2.09. The summed E-state index contributed by atoms with van der Waals surface area (Å²) >= 11 is 3.29. The minimum absolute atomic E-state index is 0.0766. The number of carbonyl (C=O) groups is 1. The molecule has 0 radical (unpaired) electrons. The van der Waals surface area contributed by atoms with Crippen molar-refractivity contribution in [3.05, 3.63) is 52.3 Å². The highest BCUT2D eigenvalue weighted by Gasteiger charge is 2.09. The summed E-state index contributed by atoms with van der Waals surface area (Å²) in [5.41, 5.74) is 1.89. The van der Waals surface area contributed by atoms with Gasteiger partial charge in [0.1, 0.15) is 5.69 Å². The monoisotopic (exact) mass is 291 g/mol. The van der Waals surface area contributed by atoms with Crippen LogP contribution in [0, 0.1) is 6.92 Å². The Balaban J connectivity index is 2.11. The molecule has 0 amide bonds. The van der Waals surface area contributed by atoms with Gasteiger partial charge >= 0.3 is 0 Å². The van der Waals surface area contributed by atoms with Crippen molar-refractivity contribution in [2.75, 3.05) is 0 Å². The number of hydrogen-bond donors (Lipinski definition) is 0. The second-order valence-corrected chi connectivity index (χ2v) is 4.53. The van der Waals surface area contributed by atoms with Gasteiger partial charge in [-0.1, -0.05) is 0 Å². The minimum atomic E-state index is -0.0766. The number of nitrogens with zero attached hydrogens (tertiary/aromatic N) is 3. The van der Waals surface area contributed by atoms with Crippen LogP contribution in [0.25, 0.3) is 0 Å². The molecule has 0 spiro atoms. The quantitative estimate of drug-likeness (QED) is 0.815. The average Bonchev–Trinajstić information content (AvgIpc) is 2.33. The summed E-state index contributed by atoms with van der Waals surface area (Å²) in [4.78, 5) is 24.1. The number of Topliss-reactive ketones (excluding diaryl/α,β-unsaturated/α-hetero) is 1. The van der Waals surface area contributed by atoms with Gasteiger partial charge in [0, 0.05) is 22.6 Å². The summed E-state index contributed by atoms with van der Waals surface area (Å²) < 4.78 is 0.892. The number of halogens is 1. The first-order valence-electron chi connectivity index (χ1n) is 5.07. The maximum Gasteiger partial charge on any atom is 0.188 e. The van der Waals surface area contributed by atoms with Crippen LogP contribution in [0.5, 0.6) is 0 Å². The number of carbonyl (C=O) groups excluding carboxylic acids is 1. The summed E-state index contributed by atoms with van der Waals surface area (Å²) in [6.45, 7) is 1.83. The third-order valence-corrected chi connectivity index (χ3v) is 2.67. The van der Waals surface area contributed by atoms with Crippen molar-refractivity contribution in [2.45, 2.75) is 13.3 Å². The molecular weight excluding hydrogens is 282 g/mol. The fourth-order valence-electron chi connectivity index (χ4n) is 1.30. The highest BCUT2D eigenvalue weighted by molar-refractivity contribution is 9.10. The molecule has 0 atom stereocenters. The summed E-state index contributed by atoms with van der Waals surface area (Å²) in [6.07, 6.45) is 4.99. The zero-order valence-corrected chi connectivity index (χ0v) is 10.8. The van der Waals surface area contributed by atoms with Gasteiger partial charge in [-0.3, -0.25) is 14.8 Å². The number of aromatic nitrogens is 3. The van der Waals surface area contributed by atoms with E-state index < -0.39 is 0 Å². The zero-order chi connectivity index (χ0) is 12.3. The second kappa shape index (κ2) is 5.14. The third-order valence-electron chi connectivity index (χ3n) is 2.20. The van der Waals surface area contributed by atoms with Crippen molar-refractivity contribution >= 4 is 21.7 Å². The van der Waals surface area contributed by atoms with Crippen molar-refractivity contribution in [3.63, 3.8) is 0 Å². The van der Waals surface area contributed by atoms with Gasteiger partial charge in [-0.15, -0.1) is 0 Å². The van der Waals surface area contributed by atoms with Crippen molar-refractivity contribution in [1.29, 1.82) is 0 Å². The molecule has 0 saturated heterocycles. The van der Waals surface area contributed by atoms with Crippen LogP contribution in [-0.2, 0) is 6.42 Å². The Morgan fingerprint density at radius 2 is 2.00 bits per heavy atom. The number of hydrogen-bond acceptors (Lipinski definition) is 4. The Hall–Kier alpha value is -1.62. The Morgan fingerprint density at radius 1 is 1.18 bits per heavy atom. The van der Waals surface area contributed by atoms with Crippen LogP contribution < -0.4 is 0 Å². The van der Waals surface area contributed by atoms with E-state index in [0.717, 1.165) is 15.9 Å². The molecule has 2 aromatic rings. The molecule has 0 aromatic carbocycles. The van der Waals surface area contributed by atoms with E-state index in [9.17, 15) is 4.79 Å². The lowest BCUT2D eigenvalue weighted by Crippen LogP contribution is -2.07. The Bertz CT molecular complexity index is 522. The predicted octanol–water partition coefficient (Wildman–Crippen LogP) is 2.37. The molecule has 0 aliphatic rings. The van der Waals surface area contributed by atoms with Gasteiger partial charge in [0.2, 0.25) is 0 Å². The van der Waals surface area contributed by atoms with Crippen LogP contribution in [0.3, 0.4) is 0 Å². The molecule has 0 fully saturated rings. The molecule has 4 nitrogen and oxygen atoms in total. The molecule has 0 unspecified atom stereocenters. The van der Waals surface area contributed by atoms with E-state index in [1.807, 2.05) is 19.1 Å². The van der Waals surface area contributed by atoms with Gasteiger partial charge in [-0.2, -0.15) is 0 Å². The molecule has 0 aliphatic heterocycles. The topological polar surface area (TPSA) is 55.7 Å². The molecule has 2 heterocycles. The summed E-state index contributed by atoms with van der Waals surface area (Å²) in [6, 6.07) is 3.67. The SMILES string of the molecule is Cc1cnc(C(=O)Cc2ccc(Br)cn2)cn1. The highest BCUT2D eigenvalue weighted by atomic mass is 79.9. The Morgan fingerprint density at radius 3 is 2.59 bits per heavy atom. The smallest absolute Gasteiger partial charge is 0.188 e. The summed E-state index contributed by atoms with van der Waals surface area (Å²) in [5.74, 6) is -0.0766. The lowest BCUT2D eigenvalue weighted by atomic mass is 10.1. The molecule has 86 valence electrons. The zero-order valence-electron chi connectivity index (χ0n) is 9.22. The number of rotatable bonds is 3. The van der Waals surface area contributed by atoms with E-state index in [1.54, 1.807) is 12.4 Å². The first-order chi connectivity index (χ1) is 8.15. The van der Waals surface area contributed by atoms with E-state index in [2.05, 4.69) is 30.9 Å². The first kappa shape index (κ1) is 11.9. The van der Waals surface area contributed by atoms with Crippen molar-refractivity contribution in [2.24, 2.45) is 0 Å². The first-order valence-corrected chi connectivity index (χ1v) is 5.87. The molecule has 0 bridgehead atoms. The van der Waals surface area contributed by atoms with Crippen molar-refractivity contribution in [1.82, 2.24) is 15.0 Å². The Kier molecular flexibility index (Phi) is 3.58. The summed E-state index contributed by atoms with van der Waals surface area (Å²) in [5, 5.41) is 0. The fraction of sp³-hybridized carbons (Fsp3) is 0.167. The van der Waals surface area contributed by atoms with Crippen molar-refractivity contribution in [3.8, 4) is 0 Å². The van der Waals surface area contributed by atoms with Crippen LogP contribution in [0.1, 0.15) is 21.9 Å². The molecule has 5 heteroatoms. The van der Waals surface area contributed by atoms with E-state index >= 15 is 0 Å². The van der Waals surface area contributed by atoms with Crippen LogP contribution in [0.15, 0.2) is 35.2 Å². The van der Waals surface area contributed by atoms with Crippen LogP contribution in [0.4, 0.5) is 0 Å². The third kappa shape index (κ3) is 3.17. The molecule has 2 aromatic heterocycles. The molecular formula is C12H10BrN3O. The minimum Gasteiger partial charge on any atom is -0.292 e. The van der Waals surface area contributed by atoms with Gasteiger partial charge in [0.25, 0.3) is 0 Å². The van der Waals surface area contributed by atoms with E-state index in [4.69, 9.17) is 0 Å². The predicted molar refractivity (Wildman–Crippen MR) is 66.7 cm³/mol. The van der Waals surface area contributed by atoms with Gasteiger partial charge in [0.15, 0.2) is 5.78 Å². The molecule has 0 N–H and O–H groups in total. The van der Waals surface area contributed by atoms with E-state index in [1.165, 1.54) is 6.20 Å². The molecule has 0 saturated carbocycles. The molecule has 2 rings (SSSR count). The standard InChI is InChI=1S/C12H10BrN3O/c1-8-5-16-11(7-14-8)12(17)4-10-3-2-9(13)6-15-10/h2-3,5-7H,4H2,1H3. The fourth-order valence-corrected chi connectivity index (χ4v) is 1.54. The van der Waals surface area contributed by atoms with Crippen molar-refractivity contribution < 1.29 is 4.79 Å². The van der Waals surface area contributed by atoms with Gasteiger partial charge in [-0.05, 0) is 35.0 Å². The van der Waals surface area contributed by atoms with Gasteiger partial charge in [0.05, 0.1) is 18.3 Å². The van der Waals surface area contributed by atoms with Crippen LogP contribution in [0.2, 0.25) is 0 Å². The van der Waals surface area contributed by atoms with Crippen LogP contribution in [-0.4, -0.2) is 20.7 Å². The lowest BCUT2D eigenvalue weighted by molar-refractivity contribution is 0.0987. The molecule has 17 heavy (non-hydrogen) atoms. The largest absolute Gasteiger partial charge is 0.292 e. The van der Waals surface area contributed by atoms with E-state index in [0.29, 0.717) is 5.69 Å². The van der Waals surface area contributed by atoms with Crippen LogP contribution >= 0.6 is 15.9 Å².